The Morgan fingerprint density at radius 2 is 1.50 bits per heavy atom. The van der Waals surface area contributed by atoms with Gasteiger partial charge in [0.2, 0.25) is 0 Å². The van der Waals surface area contributed by atoms with Crippen molar-refractivity contribution < 1.29 is 13.2 Å². The molecule has 0 aromatic heterocycles. The molecule has 0 spiro atoms. The Bertz CT molecular complexity index is 599. The van der Waals surface area contributed by atoms with Crippen molar-refractivity contribution >= 4 is 15.7 Å². The zero-order valence-electron chi connectivity index (χ0n) is 13.4. The van der Waals surface area contributed by atoms with E-state index in [1.165, 1.54) is 50.5 Å². The molecule has 0 unspecified atom stereocenters. The highest BCUT2D eigenvalue weighted by atomic mass is 32.2. The zero-order chi connectivity index (χ0) is 16.2. The molecule has 1 fully saturated rings. The van der Waals surface area contributed by atoms with Crippen LogP contribution in [0.25, 0.3) is 0 Å². The molecule has 0 saturated heterocycles. The van der Waals surface area contributed by atoms with Gasteiger partial charge in [0.15, 0.2) is 9.84 Å². The van der Waals surface area contributed by atoms with Crippen LogP contribution in [0.3, 0.4) is 0 Å². The van der Waals surface area contributed by atoms with Crippen LogP contribution >= 0.6 is 0 Å². The van der Waals surface area contributed by atoms with Gasteiger partial charge in [-0.1, -0.05) is 32.1 Å². The number of carbonyl (C=O) groups excluding carboxylic acids is 1. The fourth-order valence-electron chi connectivity index (χ4n) is 3.04. The maximum atomic E-state index is 12.6. The van der Waals surface area contributed by atoms with Gasteiger partial charge < -0.3 is 4.90 Å². The Kier molecular flexibility index (Phi) is 5.62. The smallest absolute Gasteiger partial charge is 0.253 e. The van der Waals surface area contributed by atoms with Gasteiger partial charge in [0.1, 0.15) is 0 Å². The first kappa shape index (κ1) is 17.0. The van der Waals surface area contributed by atoms with Crippen LogP contribution in [0.5, 0.6) is 0 Å². The molecule has 122 valence electrons. The van der Waals surface area contributed by atoms with E-state index in [4.69, 9.17) is 0 Å². The Morgan fingerprint density at radius 1 is 1.00 bits per heavy atom. The monoisotopic (exact) mass is 323 g/mol. The Balaban J connectivity index is 2.09. The third-order valence-corrected chi connectivity index (χ3v) is 5.60. The molecule has 1 amide bonds. The molecule has 1 aromatic carbocycles. The van der Waals surface area contributed by atoms with Crippen LogP contribution in [0.1, 0.15) is 55.3 Å². The van der Waals surface area contributed by atoms with Crippen molar-refractivity contribution in [1.29, 1.82) is 0 Å². The maximum Gasteiger partial charge on any atom is 0.253 e. The lowest BCUT2D eigenvalue weighted by molar-refractivity contribution is 0.0706. The molecule has 1 aromatic rings. The van der Waals surface area contributed by atoms with E-state index in [2.05, 4.69) is 0 Å². The van der Waals surface area contributed by atoms with Crippen molar-refractivity contribution in [1.82, 2.24) is 4.90 Å². The summed E-state index contributed by atoms with van der Waals surface area (Å²) in [7, 11) is -1.36. The van der Waals surface area contributed by atoms with E-state index < -0.39 is 9.84 Å². The quantitative estimate of drug-likeness (QED) is 0.858. The Morgan fingerprint density at radius 3 is 2.00 bits per heavy atom. The molecule has 0 N–H and O–H groups in total. The third kappa shape index (κ3) is 4.32. The van der Waals surface area contributed by atoms with Crippen molar-refractivity contribution in [2.45, 2.75) is 55.9 Å². The molecular weight excluding hydrogens is 298 g/mol. The average Bonchev–Trinajstić information content (AvgIpc) is 2.45. The van der Waals surface area contributed by atoms with Gasteiger partial charge in [-0.3, -0.25) is 4.79 Å². The number of sulfone groups is 1. The van der Waals surface area contributed by atoms with Crippen LogP contribution in [-0.2, 0) is 9.84 Å². The number of carbonyl (C=O) groups is 1. The average molecular weight is 323 g/mol. The van der Waals surface area contributed by atoms with Gasteiger partial charge in [0, 0.05) is 24.9 Å². The molecule has 5 heteroatoms. The lowest BCUT2D eigenvalue weighted by Crippen LogP contribution is -2.37. The zero-order valence-corrected chi connectivity index (χ0v) is 14.2. The lowest BCUT2D eigenvalue weighted by Gasteiger charge is -2.30. The first-order valence-corrected chi connectivity index (χ1v) is 9.86. The van der Waals surface area contributed by atoms with Crippen LogP contribution < -0.4 is 0 Å². The van der Waals surface area contributed by atoms with Crippen molar-refractivity contribution in [3.8, 4) is 0 Å². The van der Waals surface area contributed by atoms with E-state index in [-0.39, 0.29) is 10.8 Å². The lowest BCUT2D eigenvalue weighted by atomic mass is 9.95. The number of amides is 1. The van der Waals surface area contributed by atoms with Crippen LogP contribution in [0.2, 0.25) is 0 Å². The Labute approximate surface area is 133 Å². The van der Waals surface area contributed by atoms with Crippen molar-refractivity contribution in [2.75, 3.05) is 13.3 Å². The number of hydrogen-bond donors (Lipinski definition) is 0. The topological polar surface area (TPSA) is 54.5 Å². The van der Waals surface area contributed by atoms with Gasteiger partial charge in [0.25, 0.3) is 5.91 Å². The number of benzene rings is 1. The van der Waals surface area contributed by atoms with Crippen molar-refractivity contribution in [3.63, 3.8) is 0 Å². The second-order valence-corrected chi connectivity index (χ2v) is 8.23. The summed E-state index contributed by atoms with van der Waals surface area (Å²) in [4.78, 5) is 14.7. The van der Waals surface area contributed by atoms with Crippen LogP contribution in [-0.4, -0.2) is 38.6 Å². The van der Waals surface area contributed by atoms with Crippen LogP contribution in [0, 0.1) is 0 Å². The summed E-state index contributed by atoms with van der Waals surface area (Å²) in [6.45, 7) is 0. The molecule has 1 saturated carbocycles. The molecular formula is C17H25NO3S. The standard InChI is InChI=1S/C17H25NO3S/c1-18(15-8-6-4-3-5-7-9-15)17(19)14-10-12-16(13-11-14)22(2,20)21/h10-13,15H,3-9H2,1-2H3. The molecule has 0 atom stereocenters. The first-order valence-electron chi connectivity index (χ1n) is 7.97. The summed E-state index contributed by atoms with van der Waals surface area (Å²) in [5.41, 5.74) is 0.553. The molecule has 0 radical (unpaired) electrons. The summed E-state index contributed by atoms with van der Waals surface area (Å²) in [5.74, 6) is -0.0226. The highest BCUT2D eigenvalue weighted by Crippen LogP contribution is 2.22. The van der Waals surface area contributed by atoms with Gasteiger partial charge in [-0.15, -0.1) is 0 Å². The fourth-order valence-corrected chi connectivity index (χ4v) is 3.67. The minimum absolute atomic E-state index is 0.0226. The highest BCUT2D eigenvalue weighted by molar-refractivity contribution is 7.90. The van der Waals surface area contributed by atoms with Gasteiger partial charge in [-0.05, 0) is 37.1 Å². The minimum atomic E-state index is -3.22. The highest BCUT2D eigenvalue weighted by Gasteiger charge is 2.22. The van der Waals surface area contributed by atoms with E-state index in [0.29, 0.717) is 11.6 Å². The molecule has 0 aliphatic heterocycles. The Hall–Kier alpha value is -1.36. The molecule has 22 heavy (non-hydrogen) atoms. The van der Waals surface area contributed by atoms with E-state index in [1.807, 2.05) is 11.9 Å². The second-order valence-electron chi connectivity index (χ2n) is 6.21. The van der Waals surface area contributed by atoms with Gasteiger partial charge >= 0.3 is 0 Å². The van der Waals surface area contributed by atoms with Crippen LogP contribution in [0.15, 0.2) is 29.2 Å². The summed E-state index contributed by atoms with van der Waals surface area (Å²) >= 11 is 0. The van der Waals surface area contributed by atoms with Crippen LogP contribution in [0.4, 0.5) is 0 Å². The van der Waals surface area contributed by atoms with E-state index >= 15 is 0 Å². The van der Waals surface area contributed by atoms with E-state index in [0.717, 1.165) is 12.8 Å². The van der Waals surface area contributed by atoms with Crippen molar-refractivity contribution in [2.24, 2.45) is 0 Å². The summed E-state index contributed by atoms with van der Waals surface area (Å²) in [6.07, 6.45) is 9.45. The van der Waals surface area contributed by atoms with Gasteiger partial charge in [0.05, 0.1) is 4.90 Å². The SMILES string of the molecule is CN(C(=O)c1ccc(S(C)(=O)=O)cc1)C1CCCCCCC1. The molecule has 1 aliphatic carbocycles. The molecule has 0 bridgehead atoms. The summed E-state index contributed by atoms with van der Waals surface area (Å²) in [5, 5.41) is 0. The first-order chi connectivity index (χ1) is 10.4. The number of rotatable bonds is 3. The second kappa shape index (κ2) is 7.27. The number of hydrogen-bond acceptors (Lipinski definition) is 3. The molecule has 4 nitrogen and oxygen atoms in total. The predicted molar refractivity (Wildman–Crippen MR) is 87.8 cm³/mol. The largest absolute Gasteiger partial charge is 0.339 e. The molecule has 2 rings (SSSR count). The van der Waals surface area contributed by atoms with E-state index in [1.54, 1.807) is 12.1 Å². The maximum absolute atomic E-state index is 12.6. The van der Waals surface area contributed by atoms with Gasteiger partial charge in [-0.2, -0.15) is 0 Å². The number of nitrogens with zero attached hydrogens (tertiary/aromatic N) is 1. The fraction of sp³-hybridized carbons (Fsp3) is 0.588. The molecule has 1 aliphatic rings. The third-order valence-electron chi connectivity index (χ3n) is 4.47. The minimum Gasteiger partial charge on any atom is -0.339 e. The molecule has 0 heterocycles. The van der Waals surface area contributed by atoms with Crippen molar-refractivity contribution in [3.05, 3.63) is 29.8 Å². The summed E-state index contributed by atoms with van der Waals surface area (Å²) < 4.78 is 22.9. The van der Waals surface area contributed by atoms with Gasteiger partial charge in [-0.25, -0.2) is 8.42 Å². The van der Waals surface area contributed by atoms with E-state index in [9.17, 15) is 13.2 Å². The predicted octanol–water partition coefficient (Wildman–Crippen LogP) is 3.28. The summed E-state index contributed by atoms with van der Waals surface area (Å²) in [6, 6.07) is 6.53. The normalized spacial score (nSPS) is 17.5.